The van der Waals surface area contributed by atoms with E-state index in [1.807, 2.05) is 32.9 Å². The largest absolute Gasteiger partial charge is 0.491 e. The van der Waals surface area contributed by atoms with E-state index in [1.165, 1.54) is 5.56 Å². The van der Waals surface area contributed by atoms with Crippen LogP contribution in [0.1, 0.15) is 58.9 Å². The molecule has 1 aliphatic heterocycles. The van der Waals surface area contributed by atoms with E-state index in [0.29, 0.717) is 12.5 Å². The van der Waals surface area contributed by atoms with Gasteiger partial charge in [-0.15, -0.1) is 0 Å². The van der Waals surface area contributed by atoms with Gasteiger partial charge in [0.1, 0.15) is 18.0 Å². The first-order valence-electron chi connectivity index (χ1n) is 8.48. The second-order valence-electron chi connectivity index (χ2n) is 7.50. The Morgan fingerprint density at radius 3 is 2.48 bits per heavy atom. The molecule has 1 amide bonds. The summed E-state index contributed by atoms with van der Waals surface area (Å²) in [5, 5.41) is 0. The Labute approximate surface area is 139 Å². The van der Waals surface area contributed by atoms with Gasteiger partial charge in [0.15, 0.2) is 0 Å². The monoisotopic (exact) mass is 319 g/mol. The highest BCUT2D eigenvalue weighted by molar-refractivity contribution is 5.69. The Balaban J connectivity index is 1.90. The van der Waals surface area contributed by atoms with Crippen molar-refractivity contribution in [3.8, 4) is 5.75 Å². The maximum atomic E-state index is 12.3. The van der Waals surface area contributed by atoms with Crippen LogP contribution >= 0.6 is 0 Å². The van der Waals surface area contributed by atoms with Crippen LogP contribution in [0.4, 0.5) is 4.79 Å². The quantitative estimate of drug-likeness (QED) is 0.815. The van der Waals surface area contributed by atoms with Gasteiger partial charge in [0.05, 0.1) is 6.04 Å². The van der Waals surface area contributed by atoms with Gasteiger partial charge < -0.3 is 14.4 Å². The summed E-state index contributed by atoms with van der Waals surface area (Å²) in [6.45, 7) is 11.3. The number of benzene rings is 1. The molecule has 0 radical (unpaired) electrons. The van der Waals surface area contributed by atoms with E-state index < -0.39 is 5.60 Å². The minimum atomic E-state index is -0.461. The zero-order valence-electron chi connectivity index (χ0n) is 15.0. The summed E-state index contributed by atoms with van der Waals surface area (Å²) in [7, 11) is 0. The van der Waals surface area contributed by atoms with Gasteiger partial charge in [-0.05, 0) is 57.2 Å². The molecule has 0 spiro atoms. The molecule has 0 N–H and O–H groups in total. The van der Waals surface area contributed by atoms with Crippen molar-refractivity contribution >= 4 is 6.09 Å². The number of nitrogens with zero attached hydrogens (tertiary/aromatic N) is 1. The number of carbonyl (C=O) groups is 1. The fourth-order valence-electron chi connectivity index (χ4n) is 2.71. The maximum absolute atomic E-state index is 12.3. The van der Waals surface area contributed by atoms with Crippen molar-refractivity contribution in [1.29, 1.82) is 0 Å². The second kappa shape index (κ2) is 7.24. The molecular weight excluding hydrogens is 290 g/mol. The van der Waals surface area contributed by atoms with Crippen molar-refractivity contribution in [3.63, 3.8) is 0 Å². The van der Waals surface area contributed by atoms with E-state index in [-0.39, 0.29) is 12.1 Å². The fraction of sp³-hybridized carbons (Fsp3) is 0.632. The summed E-state index contributed by atoms with van der Waals surface area (Å²) in [5.74, 6) is 1.37. The summed E-state index contributed by atoms with van der Waals surface area (Å²) in [4.78, 5) is 14.0. The number of hydrogen-bond acceptors (Lipinski definition) is 3. The van der Waals surface area contributed by atoms with Gasteiger partial charge in [0.2, 0.25) is 0 Å². The smallest absolute Gasteiger partial charge is 0.410 e. The summed E-state index contributed by atoms with van der Waals surface area (Å²) in [6.07, 6.45) is 1.72. The minimum absolute atomic E-state index is 0.0922. The van der Waals surface area contributed by atoms with Crippen molar-refractivity contribution in [2.24, 2.45) is 0 Å². The van der Waals surface area contributed by atoms with Gasteiger partial charge in [0.25, 0.3) is 0 Å². The molecule has 4 heteroatoms. The molecule has 1 unspecified atom stereocenters. The maximum Gasteiger partial charge on any atom is 0.410 e. The minimum Gasteiger partial charge on any atom is -0.491 e. The second-order valence-corrected chi connectivity index (χ2v) is 7.50. The zero-order valence-corrected chi connectivity index (χ0v) is 15.0. The van der Waals surface area contributed by atoms with Crippen LogP contribution in [0.2, 0.25) is 0 Å². The van der Waals surface area contributed by atoms with Crippen LogP contribution in [0.15, 0.2) is 24.3 Å². The number of likely N-dealkylation sites (tertiary alicyclic amines) is 1. The average molecular weight is 319 g/mol. The van der Waals surface area contributed by atoms with Crippen molar-refractivity contribution in [2.45, 2.75) is 65.0 Å². The van der Waals surface area contributed by atoms with Gasteiger partial charge in [-0.3, -0.25) is 0 Å². The van der Waals surface area contributed by atoms with Crippen LogP contribution < -0.4 is 4.74 Å². The number of rotatable bonds is 4. The Morgan fingerprint density at radius 1 is 1.26 bits per heavy atom. The number of amides is 1. The van der Waals surface area contributed by atoms with Gasteiger partial charge >= 0.3 is 6.09 Å². The lowest BCUT2D eigenvalue weighted by Crippen LogP contribution is -2.42. The third-order valence-corrected chi connectivity index (χ3v) is 3.99. The molecule has 0 aliphatic carbocycles. The third-order valence-electron chi connectivity index (χ3n) is 3.99. The molecule has 23 heavy (non-hydrogen) atoms. The van der Waals surface area contributed by atoms with Crippen LogP contribution in [-0.4, -0.2) is 35.8 Å². The highest BCUT2D eigenvalue weighted by atomic mass is 16.6. The first kappa shape index (κ1) is 17.6. The zero-order chi connectivity index (χ0) is 17.0. The van der Waals surface area contributed by atoms with Crippen LogP contribution in [0, 0.1) is 0 Å². The van der Waals surface area contributed by atoms with Crippen molar-refractivity contribution in [2.75, 3.05) is 13.2 Å². The number of ether oxygens (including phenoxy) is 2. The molecule has 0 bridgehead atoms. The normalized spacial score (nSPS) is 18.3. The molecular formula is C19H29NO3. The molecule has 1 atom stereocenters. The molecule has 1 aliphatic rings. The first-order chi connectivity index (χ1) is 10.8. The molecule has 1 fully saturated rings. The Bertz CT molecular complexity index is 516. The molecule has 1 heterocycles. The molecule has 128 valence electrons. The molecule has 1 aromatic carbocycles. The Kier molecular flexibility index (Phi) is 5.55. The Morgan fingerprint density at radius 2 is 1.91 bits per heavy atom. The van der Waals surface area contributed by atoms with Crippen molar-refractivity contribution in [3.05, 3.63) is 29.8 Å². The summed E-state index contributed by atoms with van der Waals surface area (Å²) in [6, 6.07) is 8.29. The molecule has 1 saturated heterocycles. The van der Waals surface area contributed by atoms with E-state index in [1.54, 1.807) is 4.90 Å². The molecule has 2 rings (SSSR count). The summed E-state index contributed by atoms with van der Waals surface area (Å²) in [5.41, 5.74) is 0.839. The van der Waals surface area contributed by atoms with Crippen molar-refractivity contribution < 1.29 is 14.3 Å². The van der Waals surface area contributed by atoms with E-state index >= 15 is 0 Å². The van der Waals surface area contributed by atoms with E-state index in [9.17, 15) is 4.79 Å². The van der Waals surface area contributed by atoms with E-state index in [0.717, 1.165) is 25.1 Å². The van der Waals surface area contributed by atoms with Crippen LogP contribution in [0.5, 0.6) is 5.75 Å². The summed E-state index contributed by atoms with van der Waals surface area (Å²) >= 11 is 0. The average Bonchev–Trinajstić information content (AvgIpc) is 2.92. The number of carbonyl (C=O) groups excluding carboxylic acids is 1. The topological polar surface area (TPSA) is 38.8 Å². The first-order valence-corrected chi connectivity index (χ1v) is 8.48. The van der Waals surface area contributed by atoms with Crippen LogP contribution in [0.3, 0.4) is 0 Å². The van der Waals surface area contributed by atoms with Crippen LogP contribution in [0.25, 0.3) is 0 Å². The Hall–Kier alpha value is -1.71. The lowest BCUT2D eigenvalue weighted by molar-refractivity contribution is 0.0187. The number of hydrogen-bond donors (Lipinski definition) is 0. The van der Waals surface area contributed by atoms with Gasteiger partial charge in [-0.1, -0.05) is 26.0 Å². The fourth-order valence-corrected chi connectivity index (χ4v) is 2.71. The molecule has 4 nitrogen and oxygen atoms in total. The SMILES string of the molecule is CC(C)c1ccc(OCC2CCCN2C(=O)OC(C)(C)C)cc1. The molecule has 1 aromatic rings. The van der Waals surface area contributed by atoms with Crippen molar-refractivity contribution in [1.82, 2.24) is 4.90 Å². The van der Waals surface area contributed by atoms with Gasteiger partial charge in [-0.25, -0.2) is 4.79 Å². The predicted molar refractivity (Wildman–Crippen MR) is 92.0 cm³/mol. The predicted octanol–water partition coefficient (Wildman–Crippen LogP) is 4.59. The van der Waals surface area contributed by atoms with Gasteiger partial charge in [0, 0.05) is 6.54 Å². The highest BCUT2D eigenvalue weighted by Gasteiger charge is 2.32. The highest BCUT2D eigenvalue weighted by Crippen LogP contribution is 2.23. The molecule has 0 saturated carbocycles. The summed E-state index contributed by atoms with van der Waals surface area (Å²) < 4.78 is 11.4. The van der Waals surface area contributed by atoms with Gasteiger partial charge in [-0.2, -0.15) is 0 Å². The van der Waals surface area contributed by atoms with E-state index in [2.05, 4.69) is 26.0 Å². The van der Waals surface area contributed by atoms with E-state index in [4.69, 9.17) is 9.47 Å². The lowest BCUT2D eigenvalue weighted by atomic mass is 10.0. The standard InChI is InChI=1S/C19H29NO3/c1-14(2)15-8-10-17(11-9-15)22-13-16-7-6-12-20(16)18(21)23-19(3,4)5/h8-11,14,16H,6-7,12-13H2,1-5H3. The van der Waals surface area contributed by atoms with Crippen LogP contribution in [-0.2, 0) is 4.74 Å². The lowest BCUT2D eigenvalue weighted by Gasteiger charge is -2.28. The third kappa shape index (κ3) is 5.15. The molecule has 0 aromatic heterocycles.